The van der Waals surface area contributed by atoms with E-state index in [4.69, 9.17) is 20.4 Å². The summed E-state index contributed by atoms with van der Waals surface area (Å²) in [6.45, 7) is 13.2. The minimum absolute atomic E-state index is 0.0371. The normalized spacial score (nSPS) is 9.08. The van der Waals surface area contributed by atoms with Crippen molar-refractivity contribution in [3.8, 4) is 0 Å². The van der Waals surface area contributed by atoms with Crippen molar-refractivity contribution in [2.75, 3.05) is 0 Å². The van der Waals surface area contributed by atoms with Crippen molar-refractivity contribution < 1.29 is 39.6 Å². The minimum Gasteiger partial charge on any atom is -0.478 e. The van der Waals surface area contributed by atoms with Gasteiger partial charge in [0.05, 0.1) is 22.3 Å². The van der Waals surface area contributed by atoms with Gasteiger partial charge in [0.2, 0.25) is 0 Å². The van der Waals surface area contributed by atoms with Gasteiger partial charge >= 0.3 is 23.9 Å². The lowest BCUT2D eigenvalue weighted by molar-refractivity contribution is -0.133. The second kappa shape index (κ2) is 9.38. The Morgan fingerprint density at radius 1 is 0.538 bits per heavy atom. The Hall–Kier alpha value is -3.94. The van der Waals surface area contributed by atoms with E-state index in [0.29, 0.717) is 0 Å². The van der Waals surface area contributed by atoms with E-state index in [-0.39, 0.29) is 33.4 Å². The van der Waals surface area contributed by atoms with Gasteiger partial charge in [0.1, 0.15) is 0 Å². The number of carbonyl (C=O) groups is 4. The molecule has 136 valence electrons. The van der Waals surface area contributed by atoms with Gasteiger partial charge in [-0.25, -0.2) is 19.2 Å². The van der Waals surface area contributed by atoms with E-state index in [1.165, 1.54) is 24.3 Å². The lowest BCUT2D eigenvalue weighted by atomic mass is 9.97. The highest BCUT2D eigenvalue weighted by Gasteiger charge is 2.16. The molecule has 8 heteroatoms. The van der Waals surface area contributed by atoms with Crippen LogP contribution in [0.15, 0.2) is 72.9 Å². The summed E-state index contributed by atoms with van der Waals surface area (Å²) in [5.74, 6) is -4.66. The van der Waals surface area contributed by atoms with Crippen molar-refractivity contribution in [3.05, 3.63) is 84.0 Å². The highest BCUT2D eigenvalue weighted by Crippen LogP contribution is 2.20. The zero-order valence-electron chi connectivity index (χ0n) is 13.6. The first-order valence-electron chi connectivity index (χ1n) is 6.70. The molecule has 0 radical (unpaired) electrons. The standard InChI is InChI=1S/C10H10O4.C8H6O4/c1-5(7(3)9(11)12)6(2)8(4)10(13)14;9-7(10)5-1-2-6(4-3-5)8(11)12/h1-4H2,(H,11,12)(H,13,14);1-4H,(H,9,10)(H,11,12). The quantitative estimate of drug-likeness (QED) is 0.428. The van der Waals surface area contributed by atoms with Crippen LogP contribution in [0.3, 0.4) is 0 Å². The minimum atomic E-state index is -1.27. The molecule has 4 N–H and O–H groups in total. The molecule has 1 aromatic carbocycles. The van der Waals surface area contributed by atoms with Crippen molar-refractivity contribution in [1.82, 2.24) is 0 Å². The van der Waals surface area contributed by atoms with Crippen molar-refractivity contribution in [2.24, 2.45) is 0 Å². The van der Waals surface area contributed by atoms with E-state index < -0.39 is 23.9 Å². The first kappa shape index (κ1) is 22.1. The second-order valence-corrected chi connectivity index (χ2v) is 4.71. The number of carboxylic acid groups (broad SMARTS) is 4. The van der Waals surface area contributed by atoms with Gasteiger partial charge in [-0.1, -0.05) is 26.3 Å². The SMILES string of the molecule is C=C(C(=C)C(=C)C(=O)O)C(=C)C(=O)O.O=C(O)c1ccc(C(=O)O)cc1. The lowest BCUT2D eigenvalue weighted by Crippen LogP contribution is -2.08. The fourth-order valence-electron chi connectivity index (χ4n) is 1.38. The summed E-state index contributed by atoms with van der Waals surface area (Å²) in [5, 5.41) is 34.0. The molecule has 1 aromatic rings. The summed E-state index contributed by atoms with van der Waals surface area (Å²) in [7, 11) is 0. The molecule has 0 saturated carbocycles. The van der Waals surface area contributed by atoms with Crippen LogP contribution >= 0.6 is 0 Å². The fourth-order valence-corrected chi connectivity index (χ4v) is 1.38. The number of hydrogen-bond donors (Lipinski definition) is 4. The molecule has 0 aromatic heterocycles. The molecule has 0 aliphatic carbocycles. The van der Waals surface area contributed by atoms with Gasteiger partial charge in [0, 0.05) is 0 Å². The Morgan fingerprint density at radius 3 is 0.923 bits per heavy atom. The maximum Gasteiger partial charge on any atom is 0.335 e. The summed E-state index contributed by atoms with van der Waals surface area (Å²) in [6, 6.07) is 5.02. The Kier molecular flexibility index (Phi) is 7.96. The van der Waals surface area contributed by atoms with Gasteiger partial charge in [-0.3, -0.25) is 0 Å². The van der Waals surface area contributed by atoms with Crippen molar-refractivity contribution in [2.45, 2.75) is 0 Å². The van der Waals surface area contributed by atoms with Crippen molar-refractivity contribution in [3.63, 3.8) is 0 Å². The molecule has 0 spiro atoms. The number of aliphatic carboxylic acids is 2. The van der Waals surface area contributed by atoms with Crippen molar-refractivity contribution >= 4 is 23.9 Å². The van der Waals surface area contributed by atoms with E-state index in [1.807, 2.05) is 0 Å². The van der Waals surface area contributed by atoms with Crippen LogP contribution in [0.5, 0.6) is 0 Å². The predicted octanol–water partition coefficient (Wildman–Crippen LogP) is 2.46. The van der Waals surface area contributed by atoms with Gasteiger partial charge < -0.3 is 20.4 Å². The zero-order valence-corrected chi connectivity index (χ0v) is 13.6. The third-order valence-corrected chi connectivity index (χ3v) is 2.99. The topological polar surface area (TPSA) is 149 Å². The molecule has 0 heterocycles. The number of hydrogen-bond acceptors (Lipinski definition) is 4. The van der Waals surface area contributed by atoms with Gasteiger partial charge in [0.25, 0.3) is 0 Å². The number of carboxylic acids is 4. The molecule has 26 heavy (non-hydrogen) atoms. The molecule has 0 aliphatic heterocycles. The van der Waals surface area contributed by atoms with Crippen LogP contribution in [0.2, 0.25) is 0 Å². The number of benzene rings is 1. The van der Waals surface area contributed by atoms with Crippen molar-refractivity contribution in [1.29, 1.82) is 0 Å². The molecule has 0 bridgehead atoms. The highest BCUT2D eigenvalue weighted by molar-refractivity contribution is 5.98. The summed E-state index contributed by atoms with van der Waals surface area (Å²) >= 11 is 0. The van der Waals surface area contributed by atoms with Gasteiger partial charge in [-0.05, 0) is 35.4 Å². The van der Waals surface area contributed by atoms with Crippen LogP contribution in [0.4, 0.5) is 0 Å². The molecule has 1 rings (SSSR count). The summed E-state index contributed by atoms with van der Waals surface area (Å²) in [6.07, 6.45) is 0. The first-order chi connectivity index (χ1) is 11.9. The zero-order chi connectivity index (χ0) is 20.6. The molecular weight excluding hydrogens is 344 g/mol. The first-order valence-corrected chi connectivity index (χ1v) is 6.70. The highest BCUT2D eigenvalue weighted by atomic mass is 16.4. The average molecular weight is 360 g/mol. The molecule has 0 aliphatic rings. The lowest BCUT2D eigenvalue weighted by Gasteiger charge is -2.08. The summed E-state index contributed by atoms with van der Waals surface area (Å²) < 4.78 is 0. The third-order valence-electron chi connectivity index (χ3n) is 2.99. The Labute approximate surface area is 148 Å². The van der Waals surface area contributed by atoms with Crippen LogP contribution < -0.4 is 0 Å². The molecule has 8 nitrogen and oxygen atoms in total. The monoisotopic (exact) mass is 360 g/mol. The van der Waals surface area contributed by atoms with Gasteiger partial charge in [-0.2, -0.15) is 0 Å². The number of rotatable bonds is 7. The Morgan fingerprint density at radius 2 is 0.769 bits per heavy atom. The Bertz CT molecular complexity index is 743. The van der Waals surface area contributed by atoms with Crippen LogP contribution in [0.1, 0.15) is 20.7 Å². The Balaban J connectivity index is 0.000000485. The molecule has 0 atom stereocenters. The van der Waals surface area contributed by atoms with E-state index in [2.05, 4.69) is 26.3 Å². The number of aromatic carboxylic acids is 2. The molecule has 0 unspecified atom stereocenters. The third kappa shape index (κ3) is 6.28. The largest absolute Gasteiger partial charge is 0.478 e. The van der Waals surface area contributed by atoms with Gasteiger partial charge in [-0.15, -0.1) is 0 Å². The van der Waals surface area contributed by atoms with Crippen LogP contribution in [0, 0.1) is 0 Å². The van der Waals surface area contributed by atoms with E-state index in [9.17, 15) is 19.2 Å². The van der Waals surface area contributed by atoms with Crippen LogP contribution in [0.25, 0.3) is 0 Å². The maximum absolute atomic E-state index is 10.5. The van der Waals surface area contributed by atoms with E-state index in [0.717, 1.165) is 0 Å². The van der Waals surface area contributed by atoms with Crippen LogP contribution in [-0.4, -0.2) is 44.3 Å². The second-order valence-electron chi connectivity index (χ2n) is 4.71. The average Bonchev–Trinajstić information content (AvgIpc) is 2.59. The van der Waals surface area contributed by atoms with Crippen LogP contribution in [-0.2, 0) is 9.59 Å². The molecule has 0 amide bonds. The smallest absolute Gasteiger partial charge is 0.335 e. The van der Waals surface area contributed by atoms with E-state index in [1.54, 1.807) is 0 Å². The predicted molar refractivity (Wildman–Crippen MR) is 92.2 cm³/mol. The summed E-state index contributed by atoms with van der Waals surface area (Å²) in [4.78, 5) is 41.6. The maximum atomic E-state index is 10.5. The van der Waals surface area contributed by atoms with Gasteiger partial charge in [0.15, 0.2) is 0 Å². The fraction of sp³-hybridized carbons (Fsp3) is 0. The molecule has 0 fully saturated rings. The molecular formula is C18H16O8. The summed E-state index contributed by atoms with van der Waals surface area (Å²) in [5.41, 5.74) is -0.496. The van der Waals surface area contributed by atoms with E-state index >= 15 is 0 Å². The molecule has 0 saturated heterocycles.